The van der Waals surface area contributed by atoms with Gasteiger partial charge in [0.1, 0.15) is 0 Å². The minimum Gasteiger partial charge on any atom is -0.268 e. The molecule has 0 aliphatic heterocycles. The smallest absolute Gasteiger partial charge is 0.200 e. The van der Waals surface area contributed by atoms with Crippen LogP contribution in [0.15, 0.2) is 53.0 Å². The minimum absolute atomic E-state index is 0.540. The lowest BCUT2D eigenvalue weighted by atomic mass is 10.2. The van der Waals surface area contributed by atoms with Gasteiger partial charge in [-0.15, -0.1) is 0 Å². The highest BCUT2D eigenvalue weighted by molar-refractivity contribution is 9.10. The molecular weight excluding hydrogens is 358 g/mol. The molecule has 3 rings (SSSR count). The first kappa shape index (κ1) is 13.5. The molecule has 1 heterocycles. The van der Waals surface area contributed by atoms with Gasteiger partial charge in [-0.2, -0.15) is 5.10 Å². The molecule has 100 valence electrons. The Hall–Kier alpha value is -1.43. The maximum absolute atomic E-state index is 6.03. The molecule has 0 atom stereocenters. The first-order valence-corrected chi connectivity index (χ1v) is 7.43. The van der Waals surface area contributed by atoms with E-state index in [1.807, 2.05) is 53.1 Å². The van der Waals surface area contributed by atoms with Crippen molar-refractivity contribution in [1.29, 1.82) is 0 Å². The van der Waals surface area contributed by atoms with E-state index < -0.39 is 0 Å². The molecule has 0 unspecified atom stereocenters. The number of H-pyrrole nitrogens is 1. The maximum atomic E-state index is 6.03. The van der Waals surface area contributed by atoms with Crippen molar-refractivity contribution in [2.24, 2.45) is 0 Å². The number of hydrogen-bond acceptors (Lipinski definition) is 2. The molecule has 0 amide bonds. The largest absolute Gasteiger partial charge is 0.268 e. The van der Waals surface area contributed by atoms with Crippen molar-refractivity contribution in [3.05, 3.63) is 62.8 Å². The fourth-order valence-corrected chi connectivity index (χ4v) is 2.66. The Bertz CT molecular complexity index is 811. The SMILES string of the molecule is S=c1[nH]nc(-c2ccccc2)n1-c1ccc(Cl)c(Br)c1. The second-order valence-electron chi connectivity index (χ2n) is 4.15. The summed E-state index contributed by atoms with van der Waals surface area (Å²) < 4.78 is 3.24. The summed E-state index contributed by atoms with van der Waals surface area (Å²) in [5.41, 5.74) is 1.89. The molecule has 20 heavy (non-hydrogen) atoms. The lowest BCUT2D eigenvalue weighted by Gasteiger charge is -2.08. The molecule has 0 fully saturated rings. The van der Waals surface area contributed by atoms with Crippen molar-refractivity contribution in [1.82, 2.24) is 14.8 Å². The summed E-state index contributed by atoms with van der Waals surface area (Å²) in [7, 11) is 0. The van der Waals surface area contributed by atoms with E-state index in [0.717, 1.165) is 21.5 Å². The second kappa shape index (κ2) is 5.52. The molecule has 0 saturated carbocycles. The monoisotopic (exact) mass is 365 g/mol. The maximum Gasteiger partial charge on any atom is 0.200 e. The number of rotatable bonds is 2. The van der Waals surface area contributed by atoms with Crippen LogP contribution in [0.3, 0.4) is 0 Å². The summed E-state index contributed by atoms with van der Waals surface area (Å²) in [5.74, 6) is 0.768. The van der Waals surface area contributed by atoms with Crippen LogP contribution in [0.4, 0.5) is 0 Å². The normalized spacial score (nSPS) is 10.7. The van der Waals surface area contributed by atoms with Crippen LogP contribution in [-0.2, 0) is 0 Å². The summed E-state index contributed by atoms with van der Waals surface area (Å²) in [4.78, 5) is 0. The van der Waals surface area contributed by atoms with E-state index in [2.05, 4.69) is 26.1 Å². The third-order valence-corrected chi connectivity index (χ3v) is 4.35. The molecule has 0 bridgehead atoms. The predicted octanol–water partition coefficient (Wildman–Crippen LogP) is 5.01. The zero-order chi connectivity index (χ0) is 14.1. The first-order valence-electron chi connectivity index (χ1n) is 5.85. The molecule has 1 N–H and O–H groups in total. The number of hydrogen-bond donors (Lipinski definition) is 1. The molecule has 1 aromatic heterocycles. The van der Waals surface area contributed by atoms with Gasteiger partial charge < -0.3 is 0 Å². The van der Waals surface area contributed by atoms with Gasteiger partial charge >= 0.3 is 0 Å². The van der Waals surface area contributed by atoms with E-state index in [1.165, 1.54) is 0 Å². The average molecular weight is 367 g/mol. The number of benzene rings is 2. The molecule has 3 aromatic rings. The Balaban J connectivity index is 2.22. The molecule has 0 aliphatic rings. The Morgan fingerprint density at radius 3 is 2.60 bits per heavy atom. The van der Waals surface area contributed by atoms with Gasteiger partial charge in [0, 0.05) is 10.0 Å². The van der Waals surface area contributed by atoms with E-state index in [-0.39, 0.29) is 0 Å². The van der Waals surface area contributed by atoms with Crippen LogP contribution >= 0.6 is 39.7 Å². The molecule has 2 aromatic carbocycles. The number of nitrogens with zero attached hydrogens (tertiary/aromatic N) is 2. The van der Waals surface area contributed by atoms with E-state index >= 15 is 0 Å². The van der Waals surface area contributed by atoms with Crippen LogP contribution in [0.2, 0.25) is 5.02 Å². The Morgan fingerprint density at radius 2 is 1.90 bits per heavy atom. The summed E-state index contributed by atoms with van der Waals surface area (Å²) in [5, 5.41) is 7.81. The third kappa shape index (κ3) is 2.44. The van der Waals surface area contributed by atoms with Gasteiger partial charge in [0.2, 0.25) is 0 Å². The van der Waals surface area contributed by atoms with Crippen molar-refractivity contribution >= 4 is 39.7 Å². The number of aromatic nitrogens is 3. The van der Waals surface area contributed by atoms with Gasteiger partial charge in [-0.1, -0.05) is 41.9 Å². The van der Waals surface area contributed by atoms with Gasteiger partial charge in [0.05, 0.1) is 10.7 Å². The van der Waals surface area contributed by atoms with Gasteiger partial charge in [-0.3, -0.25) is 9.67 Å². The lowest BCUT2D eigenvalue weighted by molar-refractivity contribution is 1.03. The Labute approximate surface area is 134 Å². The van der Waals surface area contributed by atoms with Gasteiger partial charge in [0.25, 0.3) is 0 Å². The summed E-state index contributed by atoms with van der Waals surface area (Å²) in [6, 6.07) is 15.5. The predicted molar refractivity (Wildman–Crippen MR) is 86.9 cm³/mol. The molecule has 6 heteroatoms. The standard InChI is InChI=1S/C14H9BrClN3S/c15-11-8-10(6-7-12(11)16)19-13(17-18-14(19)20)9-4-2-1-3-5-9/h1-8H,(H,18,20). The van der Waals surface area contributed by atoms with Gasteiger partial charge in [0.15, 0.2) is 10.6 Å². The molecule has 0 saturated heterocycles. The van der Waals surface area contributed by atoms with Crippen molar-refractivity contribution in [2.75, 3.05) is 0 Å². The van der Waals surface area contributed by atoms with Crippen molar-refractivity contribution in [2.45, 2.75) is 0 Å². The van der Waals surface area contributed by atoms with Gasteiger partial charge in [-0.25, -0.2) is 0 Å². The second-order valence-corrected chi connectivity index (χ2v) is 5.80. The quantitative estimate of drug-likeness (QED) is 0.647. The van der Waals surface area contributed by atoms with Crippen molar-refractivity contribution in [3.63, 3.8) is 0 Å². The van der Waals surface area contributed by atoms with Crippen molar-refractivity contribution in [3.8, 4) is 17.1 Å². The Morgan fingerprint density at radius 1 is 1.15 bits per heavy atom. The third-order valence-electron chi connectivity index (χ3n) is 2.87. The zero-order valence-corrected chi connectivity index (χ0v) is 13.3. The van der Waals surface area contributed by atoms with E-state index in [4.69, 9.17) is 23.8 Å². The first-order chi connectivity index (χ1) is 9.66. The van der Waals surface area contributed by atoms with Crippen LogP contribution in [-0.4, -0.2) is 14.8 Å². The number of nitrogens with one attached hydrogen (secondary N) is 1. The summed E-state index contributed by atoms with van der Waals surface area (Å²) in [6.45, 7) is 0. The van der Waals surface area contributed by atoms with E-state index in [1.54, 1.807) is 0 Å². The van der Waals surface area contributed by atoms with Crippen LogP contribution in [0.25, 0.3) is 17.1 Å². The highest BCUT2D eigenvalue weighted by Crippen LogP contribution is 2.27. The fourth-order valence-electron chi connectivity index (χ4n) is 1.94. The van der Waals surface area contributed by atoms with Crippen LogP contribution < -0.4 is 0 Å². The fraction of sp³-hybridized carbons (Fsp3) is 0. The van der Waals surface area contributed by atoms with Crippen LogP contribution in [0.1, 0.15) is 0 Å². The highest BCUT2D eigenvalue weighted by atomic mass is 79.9. The summed E-state index contributed by atoms with van der Waals surface area (Å²) in [6.07, 6.45) is 0. The molecule has 0 radical (unpaired) electrons. The Kier molecular flexibility index (Phi) is 3.74. The average Bonchev–Trinajstić information content (AvgIpc) is 2.85. The minimum atomic E-state index is 0.540. The van der Waals surface area contributed by atoms with Crippen LogP contribution in [0, 0.1) is 4.77 Å². The zero-order valence-electron chi connectivity index (χ0n) is 10.2. The summed E-state index contributed by atoms with van der Waals surface area (Å²) >= 11 is 14.8. The van der Waals surface area contributed by atoms with E-state index in [9.17, 15) is 0 Å². The van der Waals surface area contributed by atoms with Gasteiger partial charge in [-0.05, 0) is 46.3 Å². The highest BCUT2D eigenvalue weighted by Gasteiger charge is 2.11. The number of halogens is 2. The van der Waals surface area contributed by atoms with E-state index in [0.29, 0.717) is 9.79 Å². The molecular formula is C14H9BrClN3S. The molecule has 3 nitrogen and oxygen atoms in total. The number of aromatic amines is 1. The molecule has 0 spiro atoms. The molecule has 0 aliphatic carbocycles. The topological polar surface area (TPSA) is 33.6 Å². The lowest BCUT2D eigenvalue weighted by Crippen LogP contribution is -1.97. The van der Waals surface area contributed by atoms with Crippen LogP contribution in [0.5, 0.6) is 0 Å². The van der Waals surface area contributed by atoms with Crippen molar-refractivity contribution < 1.29 is 0 Å².